The summed E-state index contributed by atoms with van der Waals surface area (Å²) in [5, 5.41) is 1.21. The Morgan fingerprint density at radius 2 is 2.60 bits per heavy atom. The average molecular weight is 144 g/mol. The van der Waals surface area contributed by atoms with E-state index in [9.17, 15) is 4.79 Å². The van der Waals surface area contributed by atoms with Crippen molar-refractivity contribution in [1.82, 2.24) is 5.01 Å². The number of carbonyl (C=O) groups excluding carboxylic acids is 1. The zero-order valence-corrected chi connectivity index (χ0v) is 6.04. The van der Waals surface area contributed by atoms with Gasteiger partial charge in [-0.3, -0.25) is 9.80 Å². The molecule has 0 radical (unpaired) electrons. The standard InChI is InChI=1S/C6H12N2O2/c1-2-10-5-3-4-8(7)6(5)9/h5H,2-4,7H2,1H3. The Balaban J connectivity index is 2.41. The van der Waals surface area contributed by atoms with Gasteiger partial charge in [0.1, 0.15) is 6.10 Å². The number of rotatable bonds is 2. The van der Waals surface area contributed by atoms with E-state index in [1.165, 1.54) is 5.01 Å². The summed E-state index contributed by atoms with van der Waals surface area (Å²) in [4.78, 5) is 11.0. The maximum absolute atomic E-state index is 11.0. The maximum atomic E-state index is 11.0. The third kappa shape index (κ3) is 1.27. The summed E-state index contributed by atoms with van der Waals surface area (Å²) in [6, 6.07) is 0. The Morgan fingerprint density at radius 1 is 1.90 bits per heavy atom. The van der Waals surface area contributed by atoms with Crippen molar-refractivity contribution in [2.45, 2.75) is 19.4 Å². The van der Waals surface area contributed by atoms with Gasteiger partial charge in [0.15, 0.2) is 0 Å². The Labute approximate surface area is 59.9 Å². The number of amides is 1. The van der Waals surface area contributed by atoms with Gasteiger partial charge in [0.2, 0.25) is 0 Å². The largest absolute Gasteiger partial charge is 0.369 e. The highest BCUT2D eigenvalue weighted by Crippen LogP contribution is 2.09. The second-order valence-corrected chi connectivity index (χ2v) is 2.26. The summed E-state index contributed by atoms with van der Waals surface area (Å²) in [7, 11) is 0. The van der Waals surface area contributed by atoms with Crippen LogP contribution in [0.5, 0.6) is 0 Å². The van der Waals surface area contributed by atoms with Crippen LogP contribution < -0.4 is 5.84 Å². The predicted molar refractivity (Wildman–Crippen MR) is 35.9 cm³/mol. The molecule has 1 saturated heterocycles. The fraction of sp³-hybridized carbons (Fsp3) is 0.833. The third-order valence-corrected chi connectivity index (χ3v) is 1.56. The van der Waals surface area contributed by atoms with E-state index in [1.54, 1.807) is 0 Å². The molecule has 0 saturated carbocycles. The second-order valence-electron chi connectivity index (χ2n) is 2.26. The van der Waals surface area contributed by atoms with Gasteiger partial charge in [-0.05, 0) is 6.92 Å². The van der Waals surface area contributed by atoms with Crippen LogP contribution in [-0.4, -0.2) is 30.2 Å². The first-order chi connectivity index (χ1) is 4.75. The molecule has 4 nitrogen and oxygen atoms in total. The van der Waals surface area contributed by atoms with Gasteiger partial charge in [-0.2, -0.15) is 0 Å². The molecule has 1 atom stereocenters. The lowest BCUT2D eigenvalue weighted by atomic mass is 10.3. The summed E-state index contributed by atoms with van der Waals surface area (Å²) < 4.78 is 5.11. The Bertz CT molecular complexity index is 136. The highest BCUT2D eigenvalue weighted by molar-refractivity contribution is 5.82. The normalized spacial score (nSPS) is 26.0. The van der Waals surface area contributed by atoms with Crippen molar-refractivity contribution in [3.63, 3.8) is 0 Å². The molecule has 0 aliphatic carbocycles. The van der Waals surface area contributed by atoms with Gasteiger partial charge < -0.3 is 4.74 Å². The summed E-state index contributed by atoms with van der Waals surface area (Å²) in [5.74, 6) is 5.21. The van der Waals surface area contributed by atoms with Gasteiger partial charge in [-0.15, -0.1) is 0 Å². The molecular formula is C6H12N2O2. The first-order valence-corrected chi connectivity index (χ1v) is 3.43. The van der Waals surface area contributed by atoms with E-state index in [0.717, 1.165) is 6.42 Å². The van der Waals surface area contributed by atoms with E-state index in [-0.39, 0.29) is 12.0 Å². The highest BCUT2D eigenvalue weighted by Gasteiger charge is 2.29. The molecule has 0 spiro atoms. The fourth-order valence-corrected chi connectivity index (χ4v) is 1.03. The molecule has 0 aromatic rings. The molecule has 1 aliphatic heterocycles. The number of ether oxygens (including phenoxy) is 1. The van der Waals surface area contributed by atoms with E-state index in [0.29, 0.717) is 13.2 Å². The molecular weight excluding hydrogens is 132 g/mol. The molecule has 58 valence electrons. The van der Waals surface area contributed by atoms with Crippen LogP contribution >= 0.6 is 0 Å². The summed E-state index contributed by atoms with van der Waals surface area (Å²) in [6.07, 6.45) is 0.443. The first-order valence-electron chi connectivity index (χ1n) is 3.43. The number of hydrogen-bond donors (Lipinski definition) is 1. The molecule has 1 unspecified atom stereocenters. The van der Waals surface area contributed by atoms with Gasteiger partial charge in [-0.25, -0.2) is 5.84 Å². The second kappa shape index (κ2) is 2.98. The molecule has 0 aromatic heterocycles. The molecule has 1 amide bonds. The quantitative estimate of drug-likeness (QED) is 0.420. The van der Waals surface area contributed by atoms with Crippen molar-refractivity contribution in [2.75, 3.05) is 13.2 Å². The maximum Gasteiger partial charge on any atom is 0.265 e. The van der Waals surface area contributed by atoms with E-state index >= 15 is 0 Å². The summed E-state index contributed by atoms with van der Waals surface area (Å²) in [6.45, 7) is 3.06. The number of hydrogen-bond acceptors (Lipinski definition) is 3. The zero-order valence-electron chi connectivity index (χ0n) is 6.04. The van der Waals surface area contributed by atoms with Crippen LogP contribution in [0.1, 0.15) is 13.3 Å². The van der Waals surface area contributed by atoms with E-state index < -0.39 is 0 Å². The lowest BCUT2D eigenvalue weighted by molar-refractivity contribution is -0.137. The van der Waals surface area contributed by atoms with Crippen molar-refractivity contribution in [3.8, 4) is 0 Å². The monoisotopic (exact) mass is 144 g/mol. The Kier molecular flexibility index (Phi) is 2.24. The van der Waals surface area contributed by atoms with Crippen LogP contribution in [0.3, 0.4) is 0 Å². The summed E-state index contributed by atoms with van der Waals surface area (Å²) in [5.41, 5.74) is 0. The smallest absolute Gasteiger partial charge is 0.265 e. The lowest BCUT2D eigenvalue weighted by Gasteiger charge is -2.08. The number of nitrogens with zero attached hydrogens (tertiary/aromatic N) is 1. The van der Waals surface area contributed by atoms with Crippen LogP contribution in [-0.2, 0) is 9.53 Å². The first kappa shape index (κ1) is 7.50. The lowest BCUT2D eigenvalue weighted by Crippen LogP contribution is -2.36. The van der Waals surface area contributed by atoms with Gasteiger partial charge in [-0.1, -0.05) is 0 Å². The van der Waals surface area contributed by atoms with Crippen LogP contribution in [0.15, 0.2) is 0 Å². The molecule has 1 rings (SSSR count). The minimum absolute atomic E-state index is 0.0955. The number of nitrogens with two attached hydrogens (primary N) is 1. The Morgan fingerprint density at radius 3 is 3.00 bits per heavy atom. The fourth-order valence-electron chi connectivity index (χ4n) is 1.03. The minimum Gasteiger partial charge on any atom is -0.369 e. The number of carbonyl (C=O) groups is 1. The van der Waals surface area contributed by atoms with Gasteiger partial charge >= 0.3 is 0 Å². The molecule has 0 bridgehead atoms. The molecule has 1 aliphatic rings. The molecule has 4 heteroatoms. The van der Waals surface area contributed by atoms with E-state index in [1.807, 2.05) is 6.92 Å². The molecule has 1 fully saturated rings. The van der Waals surface area contributed by atoms with Crippen molar-refractivity contribution in [2.24, 2.45) is 5.84 Å². The van der Waals surface area contributed by atoms with Crippen molar-refractivity contribution in [1.29, 1.82) is 0 Å². The van der Waals surface area contributed by atoms with Crippen molar-refractivity contribution < 1.29 is 9.53 Å². The van der Waals surface area contributed by atoms with Crippen molar-refractivity contribution >= 4 is 5.91 Å². The highest BCUT2D eigenvalue weighted by atomic mass is 16.5. The van der Waals surface area contributed by atoms with Crippen molar-refractivity contribution in [3.05, 3.63) is 0 Å². The van der Waals surface area contributed by atoms with Crippen LogP contribution in [0.25, 0.3) is 0 Å². The molecule has 1 heterocycles. The number of hydrazine groups is 1. The van der Waals surface area contributed by atoms with Gasteiger partial charge in [0.05, 0.1) is 0 Å². The van der Waals surface area contributed by atoms with Gasteiger partial charge in [0, 0.05) is 19.6 Å². The SMILES string of the molecule is CCOC1CCN(N)C1=O. The molecule has 10 heavy (non-hydrogen) atoms. The van der Waals surface area contributed by atoms with Gasteiger partial charge in [0.25, 0.3) is 5.91 Å². The minimum atomic E-state index is -0.282. The zero-order chi connectivity index (χ0) is 7.56. The summed E-state index contributed by atoms with van der Waals surface area (Å²) >= 11 is 0. The molecule has 2 N–H and O–H groups in total. The average Bonchev–Trinajstić information content (AvgIpc) is 2.20. The van der Waals surface area contributed by atoms with Crippen LogP contribution in [0.4, 0.5) is 0 Å². The Hall–Kier alpha value is -0.610. The van der Waals surface area contributed by atoms with Crippen LogP contribution in [0.2, 0.25) is 0 Å². The van der Waals surface area contributed by atoms with Crippen LogP contribution in [0, 0.1) is 0 Å². The third-order valence-electron chi connectivity index (χ3n) is 1.56. The van der Waals surface area contributed by atoms with E-state index in [4.69, 9.17) is 10.6 Å². The van der Waals surface area contributed by atoms with E-state index in [2.05, 4.69) is 0 Å². The molecule has 0 aromatic carbocycles. The predicted octanol–water partition coefficient (Wildman–Crippen LogP) is -0.503. The topological polar surface area (TPSA) is 55.6 Å².